The summed E-state index contributed by atoms with van der Waals surface area (Å²) in [6, 6.07) is 6.53. The molecule has 1 aliphatic rings. The molecule has 1 saturated carbocycles. The molecule has 82 valence electrons. The SMILES string of the molecule is Cc1cc(N)cc([C@@H]2CCCC[C@@H]2C)c1. The van der Waals surface area contributed by atoms with Crippen LogP contribution < -0.4 is 5.73 Å². The first-order valence-corrected chi connectivity index (χ1v) is 6.04. The van der Waals surface area contributed by atoms with Crippen molar-refractivity contribution in [2.75, 3.05) is 5.73 Å². The molecular weight excluding hydrogens is 182 g/mol. The first-order chi connectivity index (χ1) is 7.16. The van der Waals surface area contributed by atoms with Gasteiger partial charge in [-0.3, -0.25) is 0 Å². The van der Waals surface area contributed by atoms with Gasteiger partial charge in [-0.15, -0.1) is 0 Å². The Labute approximate surface area is 92.7 Å². The lowest BCUT2D eigenvalue weighted by molar-refractivity contribution is 0.330. The molecule has 2 atom stereocenters. The molecular formula is C14H21N. The number of aryl methyl sites for hydroxylation is 1. The molecule has 0 heterocycles. The van der Waals surface area contributed by atoms with E-state index in [9.17, 15) is 0 Å². The van der Waals surface area contributed by atoms with Gasteiger partial charge in [-0.1, -0.05) is 32.3 Å². The second-order valence-electron chi connectivity index (χ2n) is 5.05. The number of benzene rings is 1. The average molecular weight is 203 g/mol. The molecule has 0 amide bonds. The molecule has 1 nitrogen and oxygen atoms in total. The summed E-state index contributed by atoms with van der Waals surface area (Å²) in [6.07, 6.45) is 5.49. The number of nitrogens with two attached hydrogens (primary N) is 1. The van der Waals surface area contributed by atoms with Crippen LogP contribution in [0, 0.1) is 12.8 Å². The molecule has 2 rings (SSSR count). The van der Waals surface area contributed by atoms with Gasteiger partial charge in [0.25, 0.3) is 0 Å². The van der Waals surface area contributed by atoms with E-state index in [1.165, 1.54) is 36.8 Å². The minimum atomic E-state index is 0.737. The third kappa shape index (κ3) is 2.34. The number of anilines is 1. The fourth-order valence-corrected chi connectivity index (χ4v) is 2.87. The number of hydrogen-bond acceptors (Lipinski definition) is 1. The standard InChI is InChI=1S/C14H21N/c1-10-7-12(9-13(15)8-10)14-6-4-3-5-11(14)2/h7-9,11,14H,3-6,15H2,1-2H3/t11-,14+/m0/s1. The van der Waals surface area contributed by atoms with Crippen molar-refractivity contribution in [3.63, 3.8) is 0 Å². The van der Waals surface area contributed by atoms with Crippen molar-refractivity contribution >= 4 is 5.69 Å². The van der Waals surface area contributed by atoms with Crippen LogP contribution in [-0.4, -0.2) is 0 Å². The van der Waals surface area contributed by atoms with Crippen LogP contribution in [-0.2, 0) is 0 Å². The van der Waals surface area contributed by atoms with Gasteiger partial charge in [0.1, 0.15) is 0 Å². The summed E-state index contributed by atoms with van der Waals surface area (Å²) in [4.78, 5) is 0. The minimum absolute atomic E-state index is 0.737. The predicted octanol–water partition coefficient (Wildman–Crippen LogP) is 3.87. The highest BCUT2D eigenvalue weighted by atomic mass is 14.5. The molecule has 0 aliphatic heterocycles. The molecule has 0 spiro atoms. The molecule has 1 fully saturated rings. The highest BCUT2D eigenvalue weighted by molar-refractivity contribution is 5.45. The first-order valence-electron chi connectivity index (χ1n) is 6.04. The second-order valence-corrected chi connectivity index (χ2v) is 5.05. The zero-order valence-corrected chi connectivity index (χ0v) is 9.79. The van der Waals surface area contributed by atoms with Crippen molar-refractivity contribution in [1.29, 1.82) is 0 Å². The molecule has 15 heavy (non-hydrogen) atoms. The van der Waals surface area contributed by atoms with E-state index in [2.05, 4.69) is 32.0 Å². The molecule has 0 saturated heterocycles. The fourth-order valence-electron chi connectivity index (χ4n) is 2.87. The molecule has 1 aromatic rings. The zero-order valence-electron chi connectivity index (χ0n) is 9.79. The molecule has 1 aliphatic carbocycles. The molecule has 1 aromatic carbocycles. The summed E-state index contributed by atoms with van der Waals surface area (Å²) in [7, 11) is 0. The Bertz CT molecular complexity index is 323. The molecule has 0 aromatic heterocycles. The highest BCUT2D eigenvalue weighted by Crippen LogP contribution is 2.38. The number of nitrogen functional groups attached to an aromatic ring is 1. The fraction of sp³-hybridized carbons (Fsp3) is 0.571. The van der Waals surface area contributed by atoms with Gasteiger partial charge in [0, 0.05) is 5.69 Å². The highest BCUT2D eigenvalue weighted by Gasteiger charge is 2.22. The van der Waals surface area contributed by atoms with E-state index in [-0.39, 0.29) is 0 Å². The van der Waals surface area contributed by atoms with E-state index < -0.39 is 0 Å². The minimum Gasteiger partial charge on any atom is -0.399 e. The smallest absolute Gasteiger partial charge is 0.0319 e. The van der Waals surface area contributed by atoms with Gasteiger partial charge in [-0.2, -0.15) is 0 Å². The Morgan fingerprint density at radius 3 is 2.53 bits per heavy atom. The van der Waals surface area contributed by atoms with Gasteiger partial charge in [0.05, 0.1) is 0 Å². The van der Waals surface area contributed by atoms with Crippen LogP contribution in [0.25, 0.3) is 0 Å². The van der Waals surface area contributed by atoms with Crippen molar-refractivity contribution < 1.29 is 0 Å². The first kappa shape index (κ1) is 10.5. The summed E-state index contributed by atoms with van der Waals surface area (Å²) < 4.78 is 0. The predicted molar refractivity (Wildman–Crippen MR) is 66.0 cm³/mol. The Kier molecular flexibility index (Phi) is 2.99. The Morgan fingerprint density at radius 2 is 1.87 bits per heavy atom. The molecule has 2 N–H and O–H groups in total. The third-order valence-corrected chi connectivity index (χ3v) is 3.66. The lowest BCUT2D eigenvalue weighted by Gasteiger charge is -2.29. The van der Waals surface area contributed by atoms with Gasteiger partial charge in [-0.05, 0) is 48.4 Å². The van der Waals surface area contributed by atoms with Crippen LogP contribution in [0.3, 0.4) is 0 Å². The molecule has 0 bridgehead atoms. The lowest BCUT2D eigenvalue weighted by atomic mass is 9.76. The van der Waals surface area contributed by atoms with E-state index >= 15 is 0 Å². The van der Waals surface area contributed by atoms with E-state index in [4.69, 9.17) is 5.73 Å². The van der Waals surface area contributed by atoms with Gasteiger partial charge in [0.15, 0.2) is 0 Å². The summed E-state index contributed by atoms with van der Waals surface area (Å²) in [6.45, 7) is 4.51. The molecule has 1 heteroatoms. The largest absolute Gasteiger partial charge is 0.399 e. The normalized spacial score (nSPS) is 26.5. The van der Waals surface area contributed by atoms with Crippen LogP contribution in [0.1, 0.15) is 49.7 Å². The van der Waals surface area contributed by atoms with Crippen molar-refractivity contribution in [2.24, 2.45) is 5.92 Å². The van der Waals surface area contributed by atoms with Gasteiger partial charge in [0.2, 0.25) is 0 Å². The maximum atomic E-state index is 5.91. The van der Waals surface area contributed by atoms with E-state index in [1.54, 1.807) is 0 Å². The Morgan fingerprint density at radius 1 is 1.13 bits per heavy atom. The van der Waals surface area contributed by atoms with Crippen LogP contribution in [0.15, 0.2) is 18.2 Å². The number of rotatable bonds is 1. The van der Waals surface area contributed by atoms with Crippen molar-refractivity contribution in [1.82, 2.24) is 0 Å². The molecule has 0 radical (unpaired) electrons. The van der Waals surface area contributed by atoms with E-state index in [0.29, 0.717) is 0 Å². The van der Waals surface area contributed by atoms with Gasteiger partial charge < -0.3 is 5.73 Å². The zero-order chi connectivity index (χ0) is 10.8. The van der Waals surface area contributed by atoms with E-state index in [1.807, 2.05) is 0 Å². The van der Waals surface area contributed by atoms with Crippen molar-refractivity contribution in [3.8, 4) is 0 Å². The Hall–Kier alpha value is -0.980. The van der Waals surface area contributed by atoms with Crippen LogP contribution in [0.2, 0.25) is 0 Å². The van der Waals surface area contributed by atoms with E-state index in [0.717, 1.165) is 17.5 Å². The van der Waals surface area contributed by atoms with Gasteiger partial charge >= 0.3 is 0 Å². The quantitative estimate of drug-likeness (QED) is 0.689. The third-order valence-electron chi connectivity index (χ3n) is 3.66. The maximum Gasteiger partial charge on any atom is 0.0319 e. The van der Waals surface area contributed by atoms with Crippen molar-refractivity contribution in [3.05, 3.63) is 29.3 Å². The molecule has 0 unspecified atom stereocenters. The summed E-state index contributed by atoms with van der Waals surface area (Å²) in [5, 5.41) is 0. The Balaban J connectivity index is 2.27. The van der Waals surface area contributed by atoms with Crippen LogP contribution in [0.5, 0.6) is 0 Å². The summed E-state index contributed by atoms with van der Waals surface area (Å²) >= 11 is 0. The summed E-state index contributed by atoms with van der Waals surface area (Å²) in [5.74, 6) is 1.56. The average Bonchev–Trinajstić information content (AvgIpc) is 2.16. The van der Waals surface area contributed by atoms with Crippen LogP contribution >= 0.6 is 0 Å². The van der Waals surface area contributed by atoms with Gasteiger partial charge in [-0.25, -0.2) is 0 Å². The second kappa shape index (κ2) is 4.26. The maximum absolute atomic E-state index is 5.91. The monoisotopic (exact) mass is 203 g/mol. The number of hydrogen-bond donors (Lipinski definition) is 1. The van der Waals surface area contributed by atoms with Crippen LogP contribution in [0.4, 0.5) is 5.69 Å². The summed E-state index contributed by atoms with van der Waals surface area (Å²) in [5.41, 5.74) is 9.58. The van der Waals surface area contributed by atoms with Crippen molar-refractivity contribution in [2.45, 2.75) is 45.4 Å². The lowest BCUT2D eigenvalue weighted by Crippen LogP contribution is -2.15. The topological polar surface area (TPSA) is 26.0 Å².